The predicted octanol–water partition coefficient (Wildman–Crippen LogP) is 3.38. The lowest BCUT2D eigenvalue weighted by Gasteiger charge is -2.26. The van der Waals surface area contributed by atoms with Crippen molar-refractivity contribution in [3.8, 4) is 5.75 Å². The van der Waals surface area contributed by atoms with E-state index in [0.29, 0.717) is 12.2 Å². The molecule has 0 bridgehead atoms. The standard InChI is InChI=1S/C21H21Cl2N3O4/c1-25(2)8-9-26-17(15-6-4-5-7-24-15)16(19(28)21(26)29)18(27)13-10-12(22)11-14(23)20(13)30-3/h4-7,10-11,17,27H,8-9H2,1-3H3/b18-16+. The van der Waals surface area contributed by atoms with Crippen LogP contribution in [0, 0.1) is 0 Å². The van der Waals surface area contributed by atoms with Crippen LogP contribution in [0.5, 0.6) is 5.75 Å². The summed E-state index contributed by atoms with van der Waals surface area (Å²) in [6.07, 6.45) is 1.57. The number of aromatic nitrogens is 1. The average Bonchev–Trinajstić information content (AvgIpc) is 2.96. The second-order valence-electron chi connectivity index (χ2n) is 7.02. The number of pyridine rings is 1. The van der Waals surface area contributed by atoms with Crippen LogP contribution in [0.1, 0.15) is 17.3 Å². The van der Waals surface area contributed by atoms with Gasteiger partial charge in [-0.15, -0.1) is 0 Å². The number of Topliss-reactive ketones (excluding diaryl/α,β-unsaturated/α-hetero) is 1. The highest BCUT2D eigenvalue weighted by molar-refractivity contribution is 6.46. The number of carbonyl (C=O) groups excluding carboxylic acids is 2. The summed E-state index contributed by atoms with van der Waals surface area (Å²) in [7, 11) is 5.12. The van der Waals surface area contributed by atoms with Crippen LogP contribution in [-0.4, -0.2) is 65.9 Å². The fourth-order valence-corrected chi connectivity index (χ4v) is 3.92. The molecular weight excluding hydrogens is 429 g/mol. The smallest absolute Gasteiger partial charge is 0.295 e. The number of ether oxygens (including phenoxy) is 1. The van der Waals surface area contributed by atoms with Crippen LogP contribution in [0.25, 0.3) is 5.76 Å². The van der Waals surface area contributed by atoms with Gasteiger partial charge in [-0.25, -0.2) is 0 Å². The Labute approximate surface area is 184 Å². The Bertz CT molecular complexity index is 1010. The molecule has 0 saturated carbocycles. The minimum Gasteiger partial charge on any atom is -0.507 e. The van der Waals surface area contributed by atoms with Gasteiger partial charge in [-0.3, -0.25) is 14.6 Å². The summed E-state index contributed by atoms with van der Waals surface area (Å²) < 4.78 is 5.30. The van der Waals surface area contributed by atoms with Gasteiger partial charge >= 0.3 is 0 Å². The highest BCUT2D eigenvalue weighted by atomic mass is 35.5. The topological polar surface area (TPSA) is 83.0 Å². The molecule has 1 aliphatic heterocycles. The Balaban J connectivity index is 2.23. The maximum absolute atomic E-state index is 13.0. The number of likely N-dealkylation sites (tertiary alicyclic amines) is 1. The van der Waals surface area contributed by atoms with Gasteiger partial charge in [0.1, 0.15) is 17.6 Å². The number of ketones is 1. The molecule has 0 spiro atoms. The zero-order valence-corrected chi connectivity index (χ0v) is 18.2. The first-order valence-electron chi connectivity index (χ1n) is 9.13. The Morgan fingerprint density at radius 2 is 2.00 bits per heavy atom. The summed E-state index contributed by atoms with van der Waals surface area (Å²) in [6.45, 7) is 0.811. The summed E-state index contributed by atoms with van der Waals surface area (Å²) in [6, 6.07) is 7.23. The van der Waals surface area contributed by atoms with Crippen molar-refractivity contribution in [1.29, 1.82) is 0 Å². The first-order valence-corrected chi connectivity index (χ1v) is 9.89. The van der Waals surface area contributed by atoms with Gasteiger partial charge < -0.3 is 19.6 Å². The number of carbonyl (C=O) groups is 2. The number of hydrogen-bond acceptors (Lipinski definition) is 6. The molecule has 0 aliphatic carbocycles. The zero-order chi connectivity index (χ0) is 22.0. The third kappa shape index (κ3) is 4.14. The number of nitrogens with zero attached hydrogens (tertiary/aromatic N) is 3. The molecule has 2 heterocycles. The van der Waals surface area contributed by atoms with Crippen LogP contribution in [0.3, 0.4) is 0 Å². The van der Waals surface area contributed by atoms with Crippen LogP contribution in [0.4, 0.5) is 0 Å². The van der Waals surface area contributed by atoms with E-state index in [1.54, 1.807) is 24.4 Å². The minimum absolute atomic E-state index is 0.0888. The van der Waals surface area contributed by atoms with E-state index in [2.05, 4.69) is 4.98 Å². The summed E-state index contributed by atoms with van der Waals surface area (Å²) in [5, 5.41) is 11.6. The molecule has 1 aromatic carbocycles. The summed E-state index contributed by atoms with van der Waals surface area (Å²) in [5.74, 6) is -1.78. The van der Waals surface area contributed by atoms with Crippen LogP contribution in [-0.2, 0) is 9.59 Å². The molecule has 1 fully saturated rings. The fraction of sp³-hybridized carbons (Fsp3) is 0.286. The molecule has 1 atom stereocenters. The van der Waals surface area contributed by atoms with Gasteiger partial charge in [0.05, 0.1) is 29.0 Å². The van der Waals surface area contributed by atoms with Gasteiger partial charge in [0.25, 0.3) is 11.7 Å². The fourth-order valence-electron chi connectivity index (χ4n) is 3.35. The number of amides is 1. The van der Waals surface area contributed by atoms with Crippen molar-refractivity contribution in [3.63, 3.8) is 0 Å². The van der Waals surface area contributed by atoms with Crippen LogP contribution in [0.2, 0.25) is 10.0 Å². The lowest BCUT2D eigenvalue weighted by atomic mass is 9.98. The SMILES string of the molecule is COc1c(Cl)cc(Cl)cc1/C(O)=C1\C(=O)C(=O)N(CCN(C)C)C1c1ccccn1. The first kappa shape index (κ1) is 22.1. The lowest BCUT2D eigenvalue weighted by Crippen LogP contribution is -2.35. The Kier molecular flexibility index (Phi) is 6.65. The molecule has 1 unspecified atom stereocenters. The zero-order valence-electron chi connectivity index (χ0n) is 16.7. The van der Waals surface area contributed by atoms with Crippen LogP contribution < -0.4 is 4.74 Å². The number of rotatable bonds is 6. The van der Waals surface area contributed by atoms with Crippen molar-refractivity contribution in [2.24, 2.45) is 0 Å². The van der Waals surface area contributed by atoms with Crippen molar-refractivity contribution in [2.75, 3.05) is 34.3 Å². The number of benzene rings is 1. The Morgan fingerprint density at radius 3 is 2.60 bits per heavy atom. The molecule has 1 amide bonds. The van der Waals surface area contributed by atoms with Crippen LogP contribution >= 0.6 is 23.2 Å². The highest BCUT2D eigenvalue weighted by Crippen LogP contribution is 2.42. The number of aliphatic hydroxyl groups excluding tert-OH is 1. The maximum atomic E-state index is 13.0. The van der Waals surface area contributed by atoms with Crippen molar-refractivity contribution in [2.45, 2.75) is 6.04 Å². The number of aliphatic hydroxyl groups is 1. The summed E-state index contributed by atoms with van der Waals surface area (Å²) in [5.41, 5.74) is 0.500. The van der Waals surface area contributed by atoms with E-state index >= 15 is 0 Å². The molecule has 1 saturated heterocycles. The third-order valence-corrected chi connectivity index (χ3v) is 5.26. The van der Waals surface area contributed by atoms with E-state index in [-0.39, 0.29) is 33.5 Å². The van der Waals surface area contributed by atoms with E-state index in [1.165, 1.54) is 24.1 Å². The molecule has 7 nitrogen and oxygen atoms in total. The molecule has 0 radical (unpaired) electrons. The van der Waals surface area contributed by atoms with E-state index in [1.807, 2.05) is 19.0 Å². The molecule has 1 aliphatic rings. The van der Waals surface area contributed by atoms with Crippen molar-refractivity contribution < 1.29 is 19.4 Å². The second kappa shape index (κ2) is 9.04. The van der Waals surface area contributed by atoms with Gasteiger partial charge in [-0.1, -0.05) is 29.3 Å². The minimum atomic E-state index is -0.853. The largest absolute Gasteiger partial charge is 0.507 e. The maximum Gasteiger partial charge on any atom is 0.295 e. The quantitative estimate of drug-likeness (QED) is 0.413. The van der Waals surface area contributed by atoms with E-state index in [0.717, 1.165) is 0 Å². The predicted molar refractivity (Wildman–Crippen MR) is 115 cm³/mol. The number of hydrogen-bond donors (Lipinski definition) is 1. The summed E-state index contributed by atoms with van der Waals surface area (Å²) >= 11 is 12.3. The van der Waals surface area contributed by atoms with Gasteiger partial charge in [-0.05, 0) is 38.4 Å². The monoisotopic (exact) mass is 449 g/mol. The van der Waals surface area contributed by atoms with Gasteiger partial charge in [0.15, 0.2) is 0 Å². The number of methoxy groups -OCH3 is 1. The Hall–Kier alpha value is -2.61. The molecule has 1 N–H and O–H groups in total. The molecule has 3 rings (SSSR count). The molecule has 9 heteroatoms. The summed E-state index contributed by atoms with van der Waals surface area (Å²) in [4.78, 5) is 33.4. The molecule has 30 heavy (non-hydrogen) atoms. The second-order valence-corrected chi connectivity index (χ2v) is 7.86. The number of likely N-dealkylation sites (N-methyl/N-ethyl adjacent to an activating group) is 1. The molecule has 2 aromatic rings. The van der Waals surface area contributed by atoms with Gasteiger partial charge in [-0.2, -0.15) is 0 Å². The average molecular weight is 450 g/mol. The van der Waals surface area contributed by atoms with Crippen LogP contribution in [0.15, 0.2) is 42.1 Å². The molecule has 1 aromatic heterocycles. The first-order chi connectivity index (χ1) is 14.3. The highest BCUT2D eigenvalue weighted by Gasteiger charge is 2.46. The van der Waals surface area contributed by atoms with Gasteiger partial charge in [0, 0.05) is 24.3 Å². The third-order valence-electron chi connectivity index (χ3n) is 4.76. The van der Waals surface area contributed by atoms with E-state index < -0.39 is 23.5 Å². The van der Waals surface area contributed by atoms with E-state index in [4.69, 9.17) is 27.9 Å². The lowest BCUT2D eigenvalue weighted by molar-refractivity contribution is -0.140. The van der Waals surface area contributed by atoms with Crippen molar-refractivity contribution in [3.05, 3.63) is 63.4 Å². The molecular formula is C21H21Cl2N3O4. The van der Waals surface area contributed by atoms with Crippen molar-refractivity contribution >= 4 is 40.7 Å². The van der Waals surface area contributed by atoms with Crippen molar-refractivity contribution in [1.82, 2.24) is 14.8 Å². The normalized spacial score (nSPS) is 18.3. The van der Waals surface area contributed by atoms with Gasteiger partial charge in [0.2, 0.25) is 0 Å². The van der Waals surface area contributed by atoms with E-state index in [9.17, 15) is 14.7 Å². The Morgan fingerprint density at radius 1 is 1.27 bits per heavy atom. The molecule has 158 valence electrons. The number of halogens is 2.